The van der Waals surface area contributed by atoms with Crippen LogP contribution in [0.4, 0.5) is 0 Å². The number of phenols is 2. The van der Waals surface area contributed by atoms with Crippen LogP contribution in [0.25, 0.3) is 10.8 Å². The molecule has 0 radical (unpaired) electrons. The minimum atomic E-state index is -0.169. The molecule has 0 saturated heterocycles. The third-order valence-corrected chi connectivity index (χ3v) is 2.75. The van der Waals surface area contributed by atoms with E-state index in [2.05, 4.69) is 9.98 Å². The fraction of sp³-hybridized carbons (Fsp3) is 0.167. The Balaban J connectivity index is 2.68. The van der Waals surface area contributed by atoms with Crippen LogP contribution < -0.4 is 10.7 Å². The number of fused-ring (bicyclic) bond motifs is 3. The lowest BCUT2D eigenvalue weighted by Crippen LogP contribution is -2.31. The van der Waals surface area contributed by atoms with Gasteiger partial charge >= 0.3 is 0 Å². The van der Waals surface area contributed by atoms with Gasteiger partial charge in [0.2, 0.25) is 0 Å². The van der Waals surface area contributed by atoms with Gasteiger partial charge in [-0.05, 0) is 0 Å². The molecule has 0 aromatic heterocycles. The van der Waals surface area contributed by atoms with Crippen molar-refractivity contribution in [2.45, 2.75) is 0 Å². The maximum absolute atomic E-state index is 9.86. The van der Waals surface area contributed by atoms with Crippen molar-refractivity contribution in [2.24, 2.45) is 9.98 Å². The summed E-state index contributed by atoms with van der Waals surface area (Å²) in [5.74, 6) is -0.285. The Morgan fingerprint density at radius 1 is 0.812 bits per heavy atom. The van der Waals surface area contributed by atoms with Crippen molar-refractivity contribution in [3.05, 3.63) is 35.0 Å². The largest absolute Gasteiger partial charge is 0.504 e. The van der Waals surface area contributed by atoms with Crippen LogP contribution in [0, 0.1) is 0 Å². The Hall–Kier alpha value is -2.10. The zero-order chi connectivity index (χ0) is 11.1. The van der Waals surface area contributed by atoms with Crippen molar-refractivity contribution < 1.29 is 10.2 Å². The molecule has 0 spiro atoms. The first-order chi connectivity index (χ1) is 7.79. The van der Waals surface area contributed by atoms with E-state index in [0.29, 0.717) is 29.2 Å². The number of aromatic hydroxyl groups is 2. The predicted molar refractivity (Wildman–Crippen MR) is 59.3 cm³/mol. The van der Waals surface area contributed by atoms with Gasteiger partial charge in [-0.3, -0.25) is 9.98 Å². The molecule has 4 nitrogen and oxygen atoms in total. The van der Waals surface area contributed by atoms with Crippen molar-refractivity contribution in [2.75, 3.05) is 13.1 Å². The molecule has 0 bridgehead atoms. The molecule has 2 aromatic carbocycles. The lowest BCUT2D eigenvalue weighted by molar-refractivity contribution is 0.402. The standard InChI is InChI=1S/C12H10N2O2/c15-11-8-4-2-1-3-7(8)9-10(12(11)16)14-6-5-13-9/h1-4,15-16H,5-6H2. The zero-order valence-electron chi connectivity index (χ0n) is 8.51. The maximum Gasteiger partial charge on any atom is 0.186 e. The van der Waals surface area contributed by atoms with E-state index in [4.69, 9.17) is 0 Å². The van der Waals surface area contributed by atoms with Gasteiger partial charge in [-0.1, -0.05) is 24.3 Å². The quantitative estimate of drug-likeness (QED) is 0.627. The molecule has 80 valence electrons. The first-order valence-corrected chi connectivity index (χ1v) is 5.10. The molecule has 0 unspecified atom stereocenters. The van der Waals surface area contributed by atoms with Crippen LogP contribution in [0.15, 0.2) is 34.3 Å². The van der Waals surface area contributed by atoms with E-state index in [1.54, 1.807) is 6.07 Å². The number of hydrogen-bond donors (Lipinski definition) is 2. The average molecular weight is 214 g/mol. The van der Waals surface area contributed by atoms with E-state index >= 15 is 0 Å². The van der Waals surface area contributed by atoms with Crippen LogP contribution in [0.2, 0.25) is 0 Å². The smallest absolute Gasteiger partial charge is 0.186 e. The number of hydrogen-bond acceptors (Lipinski definition) is 4. The molecule has 0 amide bonds. The van der Waals surface area contributed by atoms with Gasteiger partial charge in [0.25, 0.3) is 0 Å². The van der Waals surface area contributed by atoms with E-state index in [1.807, 2.05) is 18.2 Å². The van der Waals surface area contributed by atoms with Crippen LogP contribution in [-0.2, 0) is 0 Å². The van der Waals surface area contributed by atoms with Crippen molar-refractivity contribution in [3.63, 3.8) is 0 Å². The number of rotatable bonds is 0. The Morgan fingerprint density at radius 2 is 1.44 bits per heavy atom. The predicted octanol–water partition coefficient (Wildman–Crippen LogP) is 0.504. The lowest BCUT2D eigenvalue weighted by atomic mass is 10.1. The lowest BCUT2D eigenvalue weighted by Gasteiger charge is -2.07. The molecule has 0 fully saturated rings. The first-order valence-electron chi connectivity index (χ1n) is 5.10. The number of nitrogens with zero attached hydrogens (tertiary/aromatic N) is 2. The zero-order valence-corrected chi connectivity index (χ0v) is 8.51. The molecule has 0 atom stereocenters. The monoisotopic (exact) mass is 214 g/mol. The van der Waals surface area contributed by atoms with Gasteiger partial charge in [0.15, 0.2) is 11.5 Å². The Morgan fingerprint density at radius 3 is 2.19 bits per heavy atom. The number of benzene rings is 2. The van der Waals surface area contributed by atoms with Crippen molar-refractivity contribution in [1.82, 2.24) is 0 Å². The highest BCUT2D eigenvalue weighted by Gasteiger charge is 2.13. The van der Waals surface area contributed by atoms with Gasteiger partial charge in [-0.25, -0.2) is 0 Å². The molecule has 2 N–H and O–H groups in total. The van der Waals surface area contributed by atoms with E-state index in [-0.39, 0.29) is 11.5 Å². The van der Waals surface area contributed by atoms with Gasteiger partial charge in [0.1, 0.15) is 5.36 Å². The maximum atomic E-state index is 9.86. The molecule has 0 saturated carbocycles. The fourth-order valence-electron chi connectivity index (χ4n) is 2.01. The molecule has 0 aliphatic carbocycles. The first kappa shape index (κ1) is 9.15. The molecular weight excluding hydrogens is 204 g/mol. The summed E-state index contributed by atoms with van der Waals surface area (Å²) in [5, 5.41) is 22.2. The summed E-state index contributed by atoms with van der Waals surface area (Å²) in [6.07, 6.45) is 0. The summed E-state index contributed by atoms with van der Waals surface area (Å²) >= 11 is 0. The van der Waals surface area contributed by atoms with Gasteiger partial charge in [0, 0.05) is 10.8 Å². The topological polar surface area (TPSA) is 65.2 Å². The van der Waals surface area contributed by atoms with E-state index in [0.717, 1.165) is 5.39 Å². The van der Waals surface area contributed by atoms with Gasteiger partial charge in [0.05, 0.1) is 18.4 Å². The van der Waals surface area contributed by atoms with E-state index in [1.165, 1.54) is 0 Å². The van der Waals surface area contributed by atoms with Crippen molar-refractivity contribution >= 4 is 10.8 Å². The second-order valence-electron chi connectivity index (χ2n) is 3.70. The van der Waals surface area contributed by atoms with E-state index in [9.17, 15) is 10.2 Å². The van der Waals surface area contributed by atoms with E-state index < -0.39 is 0 Å². The fourth-order valence-corrected chi connectivity index (χ4v) is 2.01. The van der Waals surface area contributed by atoms with Crippen LogP contribution >= 0.6 is 0 Å². The van der Waals surface area contributed by atoms with Crippen LogP contribution in [-0.4, -0.2) is 23.3 Å². The minimum Gasteiger partial charge on any atom is -0.504 e. The van der Waals surface area contributed by atoms with Gasteiger partial charge in [-0.15, -0.1) is 0 Å². The Bertz CT molecular complexity index is 692. The summed E-state index contributed by atoms with van der Waals surface area (Å²) in [5.41, 5.74) is 0. The van der Waals surface area contributed by atoms with Crippen LogP contribution in [0.5, 0.6) is 11.5 Å². The summed E-state index contributed by atoms with van der Waals surface area (Å²) in [6.45, 7) is 1.18. The second-order valence-corrected chi connectivity index (χ2v) is 3.70. The summed E-state index contributed by atoms with van der Waals surface area (Å²) in [6, 6.07) is 7.32. The van der Waals surface area contributed by atoms with Crippen molar-refractivity contribution in [1.29, 1.82) is 0 Å². The third kappa shape index (κ3) is 1.10. The average Bonchev–Trinajstić information content (AvgIpc) is 2.36. The Kier molecular flexibility index (Phi) is 1.83. The highest BCUT2D eigenvalue weighted by molar-refractivity contribution is 5.89. The van der Waals surface area contributed by atoms with Crippen molar-refractivity contribution in [3.8, 4) is 11.5 Å². The number of phenolic OH excluding ortho intramolecular Hbond substituents is 2. The molecule has 1 aliphatic rings. The molecule has 1 heterocycles. The van der Waals surface area contributed by atoms with Crippen LogP contribution in [0.3, 0.4) is 0 Å². The summed E-state index contributed by atoms with van der Waals surface area (Å²) in [4.78, 5) is 8.56. The SMILES string of the molecule is Oc1c(O)c2ccccc2c2c1=NCCN=2. The molecule has 1 aliphatic heterocycles. The minimum absolute atomic E-state index is 0.116. The third-order valence-electron chi connectivity index (χ3n) is 2.75. The second kappa shape index (κ2) is 3.20. The highest BCUT2D eigenvalue weighted by Crippen LogP contribution is 2.28. The normalized spacial score (nSPS) is 14.0. The summed E-state index contributed by atoms with van der Waals surface area (Å²) < 4.78 is 0. The Labute approximate surface area is 91.2 Å². The molecule has 16 heavy (non-hydrogen) atoms. The highest BCUT2D eigenvalue weighted by atomic mass is 16.3. The van der Waals surface area contributed by atoms with Gasteiger partial charge in [-0.2, -0.15) is 0 Å². The molecular formula is C12H10N2O2. The molecule has 3 rings (SSSR count). The van der Waals surface area contributed by atoms with Crippen LogP contribution in [0.1, 0.15) is 0 Å². The molecule has 2 aromatic rings. The van der Waals surface area contributed by atoms with Gasteiger partial charge < -0.3 is 10.2 Å². The summed E-state index contributed by atoms with van der Waals surface area (Å²) in [7, 11) is 0. The molecule has 4 heteroatoms.